The van der Waals surface area contributed by atoms with Gasteiger partial charge in [0.25, 0.3) is 0 Å². The molecule has 2 rings (SSSR count). The summed E-state index contributed by atoms with van der Waals surface area (Å²) in [5, 5.41) is 4.22. The molecule has 0 spiro atoms. The van der Waals surface area contributed by atoms with E-state index in [2.05, 4.69) is 15.3 Å². The topological polar surface area (TPSA) is 47.0 Å². The van der Waals surface area contributed by atoms with Gasteiger partial charge in [0.2, 0.25) is 0 Å². The van der Waals surface area contributed by atoms with E-state index in [1.165, 1.54) is 6.33 Å². The van der Waals surface area contributed by atoms with Gasteiger partial charge in [0.1, 0.15) is 29.7 Å². The molecule has 106 valence electrons. The number of nitrogens with zero attached hydrogens (tertiary/aromatic N) is 2. The van der Waals surface area contributed by atoms with E-state index in [-0.39, 0.29) is 0 Å². The smallest absolute Gasteiger partial charge is 0.137 e. The lowest BCUT2D eigenvalue weighted by molar-refractivity contribution is 0.333. The van der Waals surface area contributed by atoms with Crippen LogP contribution in [0.2, 0.25) is 10.2 Å². The van der Waals surface area contributed by atoms with Crippen molar-refractivity contribution in [3.05, 3.63) is 45.8 Å². The fourth-order valence-corrected chi connectivity index (χ4v) is 2.08. The molecule has 1 aromatic heterocycles. The predicted molar refractivity (Wildman–Crippen MR) is 82.0 cm³/mol. The van der Waals surface area contributed by atoms with Gasteiger partial charge in [-0.25, -0.2) is 9.97 Å². The van der Waals surface area contributed by atoms with E-state index in [0.717, 1.165) is 11.1 Å². The van der Waals surface area contributed by atoms with Crippen LogP contribution in [0.4, 0.5) is 5.82 Å². The highest BCUT2D eigenvalue weighted by Crippen LogP contribution is 2.25. The minimum atomic E-state index is 0.449. The van der Waals surface area contributed by atoms with Crippen LogP contribution in [-0.4, -0.2) is 23.1 Å². The minimum absolute atomic E-state index is 0.449. The van der Waals surface area contributed by atoms with Crippen molar-refractivity contribution in [2.45, 2.75) is 13.8 Å². The highest BCUT2D eigenvalue weighted by molar-refractivity contribution is 6.32. The molecule has 0 unspecified atom stereocenters. The Labute approximate surface area is 128 Å². The number of hydrogen-bond acceptors (Lipinski definition) is 4. The normalized spacial score (nSPS) is 10.4. The molecule has 0 fully saturated rings. The van der Waals surface area contributed by atoms with Gasteiger partial charge in [-0.2, -0.15) is 0 Å². The van der Waals surface area contributed by atoms with Gasteiger partial charge in [0.05, 0.1) is 11.6 Å². The highest BCUT2D eigenvalue weighted by atomic mass is 35.5. The van der Waals surface area contributed by atoms with E-state index in [0.29, 0.717) is 34.9 Å². The monoisotopic (exact) mass is 311 g/mol. The molecule has 1 N–H and O–H groups in total. The molecule has 1 aromatic carbocycles. The number of halogens is 2. The van der Waals surface area contributed by atoms with Gasteiger partial charge in [-0.15, -0.1) is 0 Å². The molecular formula is C14H15Cl2N3O. The van der Waals surface area contributed by atoms with Crippen molar-refractivity contribution in [2.24, 2.45) is 0 Å². The molecular weight excluding hydrogens is 297 g/mol. The molecule has 6 heteroatoms. The maximum absolute atomic E-state index is 6.09. The first-order valence-corrected chi connectivity index (χ1v) is 6.93. The number of aromatic nitrogens is 2. The zero-order valence-corrected chi connectivity index (χ0v) is 12.8. The van der Waals surface area contributed by atoms with Crippen LogP contribution in [0.3, 0.4) is 0 Å². The van der Waals surface area contributed by atoms with E-state index in [4.69, 9.17) is 27.9 Å². The Morgan fingerprint density at radius 2 is 2.00 bits per heavy atom. The van der Waals surface area contributed by atoms with Gasteiger partial charge < -0.3 is 10.1 Å². The summed E-state index contributed by atoms with van der Waals surface area (Å²) in [4.78, 5) is 8.03. The quantitative estimate of drug-likeness (QED) is 0.672. The molecule has 0 atom stereocenters. The number of rotatable bonds is 5. The number of nitrogens with one attached hydrogen (secondary N) is 1. The third-order valence-electron chi connectivity index (χ3n) is 2.76. The zero-order valence-electron chi connectivity index (χ0n) is 11.3. The van der Waals surface area contributed by atoms with Crippen LogP contribution in [0.1, 0.15) is 11.1 Å². The predicted octanol–water partition coefficient (Wildman–Crippen LogP) is 3.89. The molecule has 0 amide bonds. The second kappa shape index (κ2) is 6.77. The summed E-state index contributed by atoms with van der Waals surface area (Å²) in [5.41, 5.74) is 1.93. The maximum Gasteiger partial charge on any atom is 0.137 e. The molecule has 0 radical (unpaired) electrons. The average Bonchev–Trinajstić information content (AvgIpc) is 2.41. The van der Waals surface area contributed by atoms with Crippen molar-refractivity contribution >= 4 is 29.0 Å². The Hall–Kier alpha value is -1.52. The van der Waals surface area contributed by atoms with E-state index < -0.39 is 0 Å². The van der Waals surface area contributed by atoms with Gasteiger partial charge in [-0.3, -0.25) is 0 Å². The molecule has 0 saturated heterocycles. The van der Waals surface area contributed by atoms with Gasteiger partial charge in [-0.05, 0) is 31.5 Å². The van der Waals surface area contributed by atoms with E-state index >= 15 is 0 Å². The van der Waals surface area contributed by atoms with Crippen molar-refractivity contribution in [3.8, 4) is 5.75 Å². The fraction of sp³-hybridized carbons (Fsp3) is 0.286. The van der Waals surface area contributed by atoms with Crippen molar-refractivity contribution in [3.63, 3.8) is 0 Å². The lowest BCUT2D eigenvalue weighted by atomic mass is 10.2. The van der Waals surface area contributed by atoms with Crippen LogP contribution in [0.25, 0.3) is 0 Å². The van der Waals surface area contributed by atoms with Gasteiger partial charge >= 0.3 is 0 Å². The fourth-order valence-electron chi connectivity index (χ4n) is 1.66. The van der Waals surface area contributed by atoms with Crippen molar-refractivity contribution in [1.29, 1.82) is 0 Å². The van der Waals surface area contributed by atoms with Crippen LogP contribution >= 0.6 is 23.2 Å². The summed E-state index contributed by atoms with van der Waals surface area (Å²) in [7, 11) is 0. The van der Waals surface area contributed by atoms with Crippen LogP contribution in [-0.2, 0) is 0 Å². The Bertz CT molecular complexity index is 605. The number of aryl methyl sites for hydroxylation is 1. The largest absolute Gasteiger partial charge is 0.490 e. The summed E-state index contributed by atoms with van der Waals surface area (Å²) in [6.45, 7) is 4.92. The third-order valence-corrected chi connectivity index (χ3v) is 3.44. The zero-order chi connectivity index (χ0) is 14.5. The Kier molecular flexibility index (Phi) is 5.04. The van der Waals surface area contributed by atoms with Gasteiger partial charge in [0, 0.05) is 5.56 Å². The second-order valence-corrected chi connectivity index (χ2v) is 5.11. The van der Waals surface area contributed by atoms with Gasteiger partial charge in [0.15, 0.2) is 0 Å². The number of ether oxygens (including phenoxy) is 1. The van der Waals surface area contributed by atoms with E-state index in [1.54, 1.807) is 0 Å². The molecule has 4 nitrogen and oxygen atoms in total. The SMILES string of the molecule is Cc1ccc(OCCNc2ncnc(Cl)c2C)c(Cl)c1. The Balaban J connectivity index is 1.86. The number of benzene rings is 1. The van der Waals surface area contributed by atoms with Crippen LogP contribution < -0.4 is 10.1 Å². The average molecular weight is 312 g/mol. The summed E-state index contributed by atoms with van der Waals surface area (Å²) in [6, 6.07) is 5.70. The summed E-state index contributed by atoms with van der Waals surface area (Å²) >= 11 is 12.0. The number of hydrogen-bond donors (Lipinski definition) is 1. The van der Waals surface area contributed by atoms with E-state index in [1.807, 2.05) is 32.0 Å². The maximum atomic E-state index is 6.09. The Morgan fingerprint density at radius 3 is 2.75 bits per heavy atom. The van der Waals surface area contributed by atoms with Gasteiger partial charge in [-0.1, -0.05) is 29.3 Å². The number of anilines is 1. The summed E-state index contributed by atoms with van der Waals surface area (Å²) in [6.07, 6.45) is 1.43. The molecule has 0 aliphatic carbocycles. The molecule has 0 aliphatic heterocycles. The summed E-state index contributed by atoms with van der Waals surface area (Å²) in [5.74, 6) is 1.39. The first-order valence-electron chi connectivity index (χ1n) is 6.18. The minimum Gasteiger partial charge on any atom is -0.490 e. The molecule has 2 aromatic rings. The third kappa shape index (κ3) is 3.74. The first kappa shape index (κ1) is 14.9. The second-order valence-electron chi connectivity index (χ2n) is 4.35. The first-order chi connectivity index (χ1) is 9.58. The van der Waals surface area contributed by atoms with Crippen LogP contribution in [0, 0.1) is 13.8 Å². The molecule has 0 aliphatic rings. The molecule has 20 heavy (non-hydrogen) atoms. The lowest BCUT2D eigenvalue weighted by Gasteiger charge is -2.11. The van der Waals surface area contributed by atoms with E-state index in [9.17, 15) is 0 Å². The van der Waals surface area contributed by atoms with Crippen molar-refractivity contribution < 1.29 is 4.74 Å². The lowest BCUT2D eigenvalue weighted by Crippen LogP contribution is -2.13. The summed E-state index contributed by atoms with van der Waals surface area (Å²) < 4.78 is 5.61. The molecule has 0 saturated carbocycles. The Morgan fingerprint density at radius 1 is 1.20 bits per heavy atom. The standard InChI is InChI=1S/C14H15Cl2N3O/c1-9-3-4-12(11(15)7-9)20-6-5-17-14-10(2)13(16)18-8-19-14/h3-4,7-8H,5-6H2,1-2H3,(H,17,18,19). The van der Waals surface area contributed by atoms with Crippen molar-refractivity contribution in [1.82, 2.24) is 9.97 Å². The van der Waals surface area contributed by atoms with Crippen LogP contribution in [0.15, 0.2) is 24.5 Å². The highest BCUT2D eigenvalue weighted by Gasteiger charge is 2.05. The van der Waals surface area contributed by atoms with Crippen molar-refractivity contribution in [2.75, 3.05) is 18.5 Å². The van der Waals surface area contributed by atoms with Crippen LogP contribution in [0.5, 0.6) is 5.75 Å². The molecule has 0 bridgehead atoms. The molecule has 1 heterocycles.